The Labute approximate surface area is 268 Å². The number of hydrogen-bond donors (Lipinski definition) is 1. The Bertz CT molecular complexity index is 1580. The number of aryl methyl sites for hydroxylation is 1. The van der Waals surface area contributed by atoms with Gasteiger partial charge in [-0.05, 0) is 78.7 Å². The maximum absolute atomic E-state index is 12.8. The molecule has 1 N–H and O–H groups in total. The number of benzene rings is 3. The first kappa shape index (κ1) is 31.1. The Morgan fingerprint density at radius 3 is 2.17 bits per heavy atom. The van der Waals surface area contributed by atoms with Crippen LogP contribution in [0.3, 0.4) is 0 Å². The van der Waals surface area contributed by atoms with Crippen LogP contribution < -0.4 is 19.5 Å². The number of carbonyl (C=O) groups excluding carboxylic acids is 2. The third kappa shape index (κ3) is 8.62. The number of amides is 2. The second-order valence-corrected chi connectivity index (χ2v) is 11.5. The third-order valence-electron chi connectivity index (χ3n) is 7.98. The molecule has 2 saturated heterocycles. The zero-order valence-electron chi connectivity index (χ0n) is 25.9. The number of carbonyl (C=O) groups is 2. The average Bonchev–Trinajstić information content (AvgIpc) is 3.08. The van der Waals surface area contributed by atoms with Crippen LogP contribution in [0.4, 0.5) is 10.5 Å². The normalized spacial score (nSPS) is 15.6. The van der Waals surface area contributed by atoms with E-state index in [-0.39, 0.29) is 12.0 Å². The minimum Gasteiger partial charge on any atom is -0.490 e. The molecule has 238 valence electrons. The molecule has 1 aromatic heterocycles. The minimum atomic E-state index is -0.404. The molecular formula is C36H38N4O6. The Balaban J connectivity index is 0.917. The van der Waals surface area contributed by atoms with Crippen molar-refractivity contribution >= 4 is 17.7 Å². The van der Waals surface area contributed by atoms with Crippen LogP contribution >= 0.6 is 0 Å². The third-order valence-corrected chi connectivity index (χ3v) is 7.98. The predicted octanol–water partition coefficient (Wildman–Crippen LogP) is 6.31. The van der Waals surface area contributed by atoms with E-state index in [1.165, 1.54) is 0 Å². The molecule has 2 aliphatic rings. The highest BCUT2D eigenvalue weighted by Crippen LogP contribution is 2.26. The molecule has 3 aromatic carbocycles. The van der Waals surface area contributed by atoms with Crippen LogP contribution in [0, 0.1) is 6.92 Å². The van der Waals surface area contributed by atoms with Crippen LogP contribution in [-0.2, 0) is 11.3 Å². The highest BCUT2D eigenvalue weighted by atomic mass is 16.6. The molecule has 0 bridgehead atoms. The Hall–Kier alpha value is -4.93. The van der Waals surface area contributed by atoms with E-state index in [1.54, 1.807) is 35.4 Å². The molecular weight excluding hydrogens is 584 g/mol. The molecule has 4 aromatic rings. The molecule has 0 radical (unpaired) electrons. The van der Waals surface area contributed by atoms with Gasteiger partial charge in [0.05, 0.1) is 13.2 Å². The summed E-state index contributed by atoms with van der Waals surface area (Å²) >= 11 is 0. The van der Waals surface area contributed by atoms with E-state index < -0.39 is 6.09 Å². The molecule has 10 heteroatoms. The number of ether oxygens (including phenoxy) is 4. The van der Waals surface area contributed by atoms with Gasteiger partial charge < -0.3 is 29.2 Å². The molecule has 3 heterocycles. The lowest BCUT2D eigenvalue weighted by Gasteiger charge is -2.31. The molecule has 0 saturated carbocycles. The van der Waals surface area contributed by atoms with Gasteiger partial charge in [-0.2, -0.15) is 0 Å². The average molecular weight is 623 g/mol. The van der Waals surface area contributed by atoms with Gasteiger partial charge in [0.1, 0.15) is 23.4 Å². The first-order chi connectivity index (χ1) is 22.5. The van der Waals surface area contributed by atoms with Gasteiger partial charge in [0, 0.05) is 69.1 Å². The lowest BCUT2D eigenvalue weighted by atomic mass is 10.1. The fourth-order valence-corrected chi connectivity index (χ4v) is 5.32. The Kier molecular flexibility index (Phi) is 10.1. The standard InChI is InChI=1S/C36H38N4O6/c1-26-2-15-34(37-24-26)45-31-13-11-30(12-14-31)44-33-16-18-40(19-17-33)36(42)46-32-9-7-29(8-10-32)38-35(41)28-5-3-27(4-6-28)25-39-20-22-43-23-21-39/h2-15,24,33H,16-23,25H2,1H3,(H,38,41). The van der Waals surface area contributed by atoms with Gasteiger partial charge in [-0.25, -0.2) is 9.78 Å². The first-order valence-electron chi connectivity index (χ1n) is 15.6. The molecule has 2 fully saturated rings. The Morgan fingerprint density at radius 2 is 1.50 bits per heavy atom. The first-order valence-corrected chi connectivity index (χ1v) is 15.6. The molecule has 0 atom stereocenters. The van der Waals surface area contributed by atoms with Crippen molar-refractivity contribution in [2.24, 2.45) is 0 Å². The number of piperidine rings is 1. The van der Waals surface area contributed by atoms with Gasteiger partial charge in [0.2, 0.25) is 5.88 Å². The van der Waals surface area contributed by atoms with Gasteiger partial charge in [-0.1, -0.05) is 18.2 Å². The summed E-state index contributed by atoms with van der Waals surface area (Å²) in [5.41, 5.74) is 3.43. The SMILES string of the molecule is Cc1ccc(Oc2ccc(OC3CCN(C(=O)Oc4ccc(NC(=O)c5ccc(CN6CCOCC6)cc5)cc4)CC3)cc2)nc1. The van der Waals surface area contributed by atoms with E-state index in [4.69, 9.17) is 18.9 Å². The van der Waals surface area contributed by atoms with Crippen LogP contribution in [0.25, 0.3) is 0 Å². The summed E-state index contributed by atoms with van der Waals surface area (Å²) in [5.74, 6) is 2.19. The van der Waals surface area contributed by atoms with Crippen molar-refractivity contribution in [1.29, 1.82) is 0 Å². The van der Waals surface area contributed by atoms with E-state index in [0.717, 1.165) is 49.7 Å². The summed E-state index contributed by atoms with van der Waals surface area (Å²) in [6.07, 6.45) is 2.75. The molecule has 0 spiro atoms. The van der Waals surface area contributed by atoms with Crippen LogP contribution in [0.1, 0.15) is 34.3 Å². The summed E-state index contributed by atoms with van der Waals surface area (Å²) in [5, 5.41) is 2.90. The van der Waals surface area contributed by atoms with E-state index in [9.17, 15) is 9.59 Å². The van der Waals surface area contributed by atoms with Crippen LogP contribution in [0.2, 0.25) is 0 Å². The predicted molar refractivity (Wildman–Crippen MR) is 174 cm³/mol. The monoisotopic (exact) mass is 622 g/mol. The minimum absolute atomic E-state index is 0.00143. The van der Waals surface area contributed by atoms with Crippen LogP contribution in [0.5, 0.6) is 23.1 Å². The second-order valence-electron chi connectivity index (χ2n) is 11.5. The van der Waals surface area contributed by atoms with Crippen molar-refractivity contribution in [2.75, 3.05) is 44.7 Å². The van der Waals surface area contributed by atoms with Crippen molar-refractivity contribution in [3.8, 4) is 23.1 Å². The van der Waals surface area contributed by atoms with E-state index >= 15 is 0 Å². The van der Waals surface area contributed by atoms with Crippen LogP contribution in [0.15, 0.2) is 91.1 Å². The molecule has 0 aliphatic carbocycles. The van der Waals surface area contributed by atoms with Gasteiger partial charge in [-0.15, -0.1) is 0 Å². The van der Waals surface area contributed by atoms with Gasteiger partial charge >= 0.3 is 6.09 Å². The zero-order chi connectivity index (χ0) is 31.7. The largest absolute Gasteiger partial charge is 0.490 e. The number of morpholine rings is 1. The highest BCUT2D eigenvalue weighted by molar-refractivity contribution is 6.04. The second kappa shape index (κ2) is 14.9. The topological polar surface area (TPSA) is 102 Å². The maximum Gasteiger partial charge on any atom is 0.415 e. The zero-order valence-corrected chi connectivity index (χ0v) is 25.9. The van der Waals surface area contributed by atoms with Gasteiger partial charge in [0.25, 0.3) is 5.91 Å². The molecule has 10 nitrogen and oxygen atoms in total. The number of aromatic nitrogens is 1. The molecule has 0 unspecified atom stereocenters. The number of pyridine rings is 1. The van der Waals surface area contributed by atoms with Crippen molar-refractivity contribution in [3.05, 3.63) is 108 Å². The highest BCUT2D eigenvalue weighted by Gasteiger charge is 2.25. The Morgan fingerprint density at radius 1 is 0.826 bits per heavy atom. The number of nitrogens with one attached hydrogen (secondary N) is 1. The number of likely N-dealkylation sites (tertiary alicyclic amines) is 1. The fourth-order valence-electron chi connectivity index (χ4n) is 5.32. The van der Waals surface area contributed by atoms with Crippen molar-refractivity contribution in [2.45, 2.75) is 32.4 Å². The number of nitrogens with zero attached hydrogens (tertiary/aromatic N) is 3. The molecule has 46 heavy (non-hydrogen) atoms. The maximum atomic E-state index is 12.8. The summed E-state index contributed by atoms with van der Waals surface area (Å²) in [6, 6.07) is 25.7. The smallest absolute Gasteiger partial charge is 0.415 e. The summed E-state index contributed by atoms with van der Waals surface area (Å²) < 4.78 is 22.9. The number of rotatable bonds is 9. The van der Waals surface area contributed by atoms with Crippen LogP contribution in [-0.4, -0.2) is 72.3 Å². The lowest BCUT2D eigenvalue weighted by molar-refractivity contribution is 0.0342. The number of hydrogen-bond acceptors (Lipinski definition) is 8. The molecule has 2 aliphatic heterocycles. The van der Waals surface area contributed by atoms with Gasteiger partial charge in [-0.3, -0.25) is 9.69 Å². The molecule has 2 amide bonds. The summed E-state index contributed by atoms with van der Waals surface area (Å²) in [6.45, 7) is 7.24. The van der Waals surface area contributed by atoms with E-state index in [2.05, 4.69) is 15.2 Å². The van der Waals surface area contributed by atoms with Gasteiger partial charge in [0.15, 0.2) is 0 Å². The summed E-state index contributed by atoms with van der Waals surface area (Å²) in [7, 11) is 0. The van der Waals surface area contributed by atoms with Crippen molar-refractivity contribution in [1.82, 2.24) is 14.8 Å². The van der Waals surface area contributed by atoms with E-state index in [0.29, 0.717) is 54.6 Å². The van der Waals surface area contributed by atoms with Crippen molar-refractivity contribution < 1.29 is 28.5 Å². The van der Waals surface area contributed by atoms with Crippen molar-refractivity contribution in [3.63, 3.8) is 0 Å². The number of anilines is 1. The molecule has 6 rings (SSSR count). The fraction of sp³-hybridized carbons (Fsp3) is 0.306. The summed E-state index contributed by atoms with van der Waals surface area (Å²) in [4.78, 5) is 33.9. The lowest BCUT2D eigenvalue weighted by Crippen LogP contribution is -2.43. The van der Waals surface area contributed by atoms with E-state index in [1.807, 2.05) is 67.6 Å². The quantitative estimate of drug-likeness (QED) is 0.232.